The molecule has 0 unspecified atom stereocenters. The van der Waals surface area contributed by atoms with Gasteiger partial charge in [-0.2, -0.15) is 0 Å². The van der Waals surface area contributed by atoms with E-state index in [1.807, 2.05) is 0 Å². The normalized spacial score (nSPS) is 11.0. The first-order valence-electron chi connectivity index (χ1n) is 6.03. The Bertz CT molecular complexity index is 966. The predicted molar refractivity (Wildman–Crippen MR) is 91.7 cm³/mol. The van der Waals surface area contributed by atoms with Gasteiger partial charge in [0.1, 0.15) is 25.8 Å². The van der Waals surface area contributed by atoms with Crippen molar-refractivity contribution in [2.24, 2.45) is 0 Å². The highest BCUT2D eigenvalue weighted by molar-refractivity contribution is 9.11. The highest BCUT2D eigenvalue weighted by Gasteiger charge is 2.21. The summed E-state index contributed by atoms with van der Waals surface area (Å²) in [5.41, 5.74) is 0.132. The summed E-state index contributed by atoms with van der Waals surface area (Å²) in [6, 6.07) is 8.15. The maximum Gasteiger partial charge on any atom is 0.197 e. The summed E-state index contributed by atoms with van der Waals surface area (Å²) in [6.45, 7) is 0. The molecule has 0 spiro atoms. The topological polar surface area (TPSA) is 70.7 Å². The number of phenolic OH excluding ortho intramolecular Hbond substituents is 2. The average molecular weight is 446 g/mol. The van der Waals surface area contributed by atoms with Gasteiger partial charge < -0.3 is 14.6 Å². The van der Waals surface area contributed by atoms with E-state index in [0.717, 1.165) is 0 Å². The molecule has 0 radical (unpaired) electrons. The van der Waals surface area contributed by atoms with Crippen LogP contribution in [0.1, 0.15) is 0 Å². The number of phenols is 2. The van der Waals surface area contributed by atoms with Crippen molar-refractivity contribution in [3.05, 3.63) is 54.5 Å². The van der Waals surface area contributed by atoms with Gasteiger partial charge in [0.05, 0.1) is 5.02 Å². The molecule has 0 aliphatic rings. The van der Waals surface area contributed by atoms with Gasteiger partial charge in [-0.05, 0) is 44.0 Å². The Labute approximate surface area is 146 Å². The van der Waals surface area contributed by atoms with E-state index in [1.54, 1.807) is 24.3 Å². The van der Waals surface area contributed by atoms with Crippen LogP contribution in [0.2, 0.25) is 5.02 Å². The van der Waals surface area contributed by atoms with E-state index >= 15 is 0 Å². The van der Waals surface area contributed by atoms with Crippen molar-refractivity contribution in [3.63, 3.8) is 0 Å². The van der Waals surface area contributed by atoms with Crippen molar-refractivity contribution >= 4 is 54.4 Å². The summed E-state index contributed by atoms with van der Waals surface area (Å²) in [4.78, 5) is 12.3. The maximum atomic E-state index is 12.3. The van der Waals surface area contributed by atoms with Gasteiger partial charge in [-0.25, -0.2) is 0 Å². The molecule has 1 heterocycles. The van der Waals surface area contributed by atoms with Crippen molar-refractivity contribution in [1.29, 1.82) is 0 Å². The van der Waals surface area contributed by atoms with Crippen molar-refractivity contribution < 1.29 is 14.6 Å². The summed E-state index contributed by atoms with van der Waals surface area (Å²) in [7, 11) is 0. The Morgan fingerprint density at radius 1 is 1.05 bits per heavy atom. The zero-order valence-electron chi connectivity index (χ0n) is 10.7. The predicted octanol–water partition coefficient (Wildman–Crippen LogP) is 5.05. The summed E-state index contributed by atoms with van der Waals surface area (Å²) >= 11 is 12.3. The van der Waals surface area contributed by atoms with Crippen LogP contribution < -0.4 is 5.43 Å². The number of benzene rings is 2. The second kappa shape index (κ2) is 5.61. The van der Waals surface area contributed by atoms with Gasteiger partial charge in [0, 0.05) is 11.6 Å². The van der Waals surface area contributed by atoms with Crippen LogP contribution in [0.3, 0.4) is 0 Å². The second-order valence-corrected chi connectivity index (χ2v) is 6.48. The molecule has 22 heavy (non-hydrogen) atoms. The third-order valence-corrected chi connectivity index (χ3v) is 4.96. The van der Waals surface area contributed by atoms with Crippen molar-refractivity contribution in [3.8, 4) is 22.8 Å². The van der Waals surface area contributed by atoms with Gasteiger partial charge >= 0.3 is 0 Å². The summed E-state index contributed by atoms with van der Waals surface area (Å²) in [5.74, 6) is -0.399. The van der Waals surface area contributed by atoms with Crippen LogP contribution in [-0.4, -0.2) is 10.2 Å². The molecule has 3 aromatic rings. The molecule has 7 heteroatoms. The van der Waals surface area contributed by atoms with Crippen molar-refractivity contribution in [2.75, 3.05) is 0 Å². The summed E-state index contributed by atoms with van der Waals surface area (Å²) < 4.78 is 5.87. The number of hydrogen-bond donors (Lipinski definition) is 2. The molecule has 0 aliphatic heterocycles. The molecule has 0 atom stereocenters. The molecule has 2 aromatic carbocycles. The van der Waals surface area contributed by atoms with E-state index in [1.165, 1.54) is 6.07 Å². The average Bonchev–Trinajstić information content (AvgIpc) is 2.50. The summed E-state index contributed by atoms with van der Waals surface area (Å²) in [6.07, 6.45) is 0. The fourth-order valence-corrected chi connectivity index (χ4v) is 3.46. The molecule has 112 valence electrons. The highest BCUT2D eigenvalue weighted by atomic mass is 79.9. The third kappa shape index (κ3) is 2.31. The van der Waals surface area contributed by atoms with Gasteiger partial charge in [0.2, 0.25) is 0 Å². The molecule has 0 fully saturated rings. The van der Waals surface area contributed by atoms with Gasteiger partial charge in [0.15, 0.2) is 16.8 Å². The van der Waals surface area contributed by atoms with Crippen LogP contribution >= 0.6 is 43.5 Å². The van der Waals surface area contributed by atoms with Gasteiger partial charge in [-0.3, -0.25) is 4.79 Å². The van der Waals surface area contributed by atoms with E-state index in [-0.39, 0.29) is 37.2 Å². The molecule has 0 amide bonds. The monoisotopic (exact) mass is 444 g/mol. The molecule has 0 bridgehead atoms. The third-order valence-electron chi connectivity index (χ3n) is 3.15. The Morgan fingerprint density at radius 2 is 1.73 bits per heavy atom. The second-order valence-electron chi connectivity index (χ2n) is 4.48. The molecule has 3 rings (SSSR count). The first kappa shape index (κ1) is 15.4. The highest BCUT2D eigenvalue weighted by Crippen LogP contribution is 2.45. The molecule has 1 aromatic heterocycles. The van der Waals surface area contributed by atoms with Crippen LogP contribution in [0.15, 0.2) is 48.5 Å². The number of halogens is 3. The quantitative estimate of drug-likeness (QED) is 0.549. The first-order chi connectivity index (χ1) is 10.4. The van der Waals surface area contributed by atoms with Crippen LogP contribution in [0.5, 0.6) is 11.5 Å². The zero-order valence-corrected chi connectivity index (χ0v) is 14.7. The molecule has 4 nitrogen and oxygen atoms in total. The van der Waals surface area contributed by atoms with Gasteiger partial charge in [-0.15, -0.1) is 0 Å². The largest absolute Gasteiger partial charge is 0.506 e. The van der Waals surface area contributed by atoms with Crippen LogP contribution in [0.25, 0.3) is 22.3 Å². The first-order valence-corrected chi connectivity index (χ1v) is 8.00. The Balaban J connectivity index is 2.44. The standard InChI is InChI=1S/C15H7Br2ClO4/c16-11-13(20)10-8(19)5-9(6-3-1-2-4-7(6)18)22-15(10)12(17)14(11)21/h1-5,20-21H. The van der Waals surface area contributed by atoms with Crippen molar-refractivity contribution in [1.82, 2.24) is 0 Å². The Morgan fingerprint density at radius 3 is 2.41 bits per heavy atom. The lowest BCUT2D eigenvalue weighted by Gasteiger charge is -2.10. The van der Waals surface area contributed by atoms with E-state index in [9.17, 15) is 15.0 Å². The van der Waals surface area contributed by atoms with E-state index in [4.69, 9.17) is 16.0 Å². The number of hydrogen-bond acceptors (Lipinski definition) is 4. The molecule has 0 aliphatic carbocycles. The fourth-order valence-electron chi connectivity index (χ4n) is 2.09. The smallest absolute Gasteiger partial charge is 0.197 e. The SMILES string of the molecule is O=c1cc(-c2ccccc2Cl)oc2c(Br)c(O)c(Br)c(O)c12. The summed E-state index contributed by atoms with van der Waals surface area (Å²) in [5, 5.41) is 20.4. The van der Waals surface area contributed by atoms with Gasteiger partial charge in [-0.1, -0.05) is 23.7 Å². The Kier molecular flexibility index (Phi) is 3.92. The zero-order chi connectivity index (χ0) is 16.0. The lowest BCUT2D eigenvalue weighted by molar-refractivity contribution is 0.444. The van der Waals surface area contributed by atoms with E-state index in [0.29, 0.717) is 10.6 Å². The minimum atomic E-state index is -0.449. The van der Waals surface area contributed by atoms with E-state index < -0.39 is 5.43 Å². The van der Waals surface area contributed by atoms with Crippen molar-refractivity contribution in [2.45, 2.75) is 0 Å². The number of fused-ring (bicyclic) bond motifs is 1. The lowest BCUT2D eigenvalue weighted by Crippen LogP contribution is -2.02. The fraction of sp³-hybridized carbons (Fsp3) is 0. The molecule has 0 saturated carbocycles. The molecular formula is C15H7Br2ClO4. The van der Waals surface area contributed by atoms with E-state index in [2.05, 4.69) is 31.9 Å². The minimum absolute atomic E-state index is 0.0182. The van der Waals surface area contributed by atoms with Gasteiger partial charge in [0.25, 0.3) is 0 Å². The van der Waals surface area contributed by atoms with Crippen LogP contribution in [0, 0.1) is 0 Å². The lowest BCUT2D eigenvalue weighted by atomic mass is 10.1. The maximum absolute atomic E-state index is 12.3. The Hall–Kier alpha value is -1.50. The number of aromatic hydroxyl groups is 2. The van der Waals surface area contributed by atoms with Crippen LogP contribution in [0.4, 0.5) is 0 Å². The molecule has 2 N–H and O–H groups in total. The number of rotatable bonds is 1. The minimum Gasteiger partial charge on any atom is -0.506 e. The molecule has 0 saturated heterocycles. The van der Waals surface area contributed by atoms with Crippen LogP contribution in [-0.2, 0) is 0 Å². The molecular weight excluding hydrogens is 439 g/mol.